The van der Waals surface area contributed by atoms with Crippen molar-refractivity contribution >= 4 is 23.1 Å². The Labute approximate surface area is 137 Å². The fourth-order valence-corrected chi connectivity index (χ4v) is 1.61. The normalized spacial score (nSPS) is 16.5. The summed E-state index contributed by atoms with van der Waals surface area (Å²) >= 11 is 0. The molecule has 2 aromatic heterocycles. The Bertz CT molecular complexity index is 897. The molecule has 0 bridgehead atoms. The number of H-pyrrole nitrogens is 1. The third-order valence-electron chi connectivity index (χ3n) is 2.95. The van der Waals surface area contributed by atoms with Crippen molar-refractivity contribution in [2.24, 2.45) is 11.7 Å². The maximum Gasteiger partial charge on any atom is 0.323 e. The quantitative estimate of drug-likeness (QED) is 0.559. The van der Waals surface area contributed by atoms with Crippen LogP contribution in [0.4, 0.5) is 5.95 Å². The summed E-state index contributed by atoms with van der Waals surface area (Å²) in [5, 5.41) is 0. The number of rotatable bonds is 7. The molecule has 2 rings (SSSR count). The first-order valence-corrected chi connectivity index (χ1v) is 6.69. The SMILES string of the molecule is [2H]C([2H])(OCn1cnc2c(=O)[nH]c(N)nc21)C([2H])([2H])OC(=O)[C@@H](N)C(C)C. The molecule has 0 amide bonds. The molecule has 0 saturated carbocycles. The number of nitrogens with one attached hydrogen (secondary N) is 1. The van der Waals surface area contributed by atoms with Gasteiger partial charge in [-0.15, -0.1) is 0 Å². The van der Waals surface area contributed by atoms with E-state index in [1.165, 1.54) is 0 Å². The van der Waals surface area contributed by atoms with Crippen molar-refractivity contribution in [3.05, 3.63) is 16.7 Å². The smallest absolute Gasteiger partial charge is 0.323 e. The van der Waals surface area contributed by atoms with Crippen molar-refractivity contribution in [2.45, 2.75) is 26.6 Å². The van der Waals surface area contributed by atoms with Crippen LogP contribution in [0.25, 0.3) is 11.2 Å². The van der Waals surface area contributed by atoms with Crippen molar-refractivity contribution in [3.63, 3.8) is 0 Å². The molecule has 0 aromatic carbocycles. The highest BCUT2D eigenvalue weighted by atomic mass is 16.6. The number of aromatic amines is 1. The first kappa shape index (κ1) is 12.0. The fourth-order valence-electron chi connectivity index (χ4n) is 1.61. The summed E-state index contributed by atoms with van der Waals surface area (Å²) in [6.45, 7) is -3.47. The monoisotopic (exact) mass is 328 g/mol. The first-order valence-electron chi connectivity index (χ1n) is 8.69. The zero-order chi connectivity index (χ0) is 20.6. The zero-order valence-electron chi connectivity index (χ0n) is 16.6. The third kappa shape index (κ3) is 4.05. The van der Waals surface area contributed by atoms with Crippen LogP contribution >= 0.6 is 0 Å². The van der Waals surface area contributed by atoms with E-state index < -0.39 is 37.4 Å². The number of carbonyl (C=O) groups is 1. The number of nitrogens with zero attached hydrogens (tertiary/aromatic N) is 3. The minimum Gasteiger partial charge on any atom is -0.462 e. The first-order chi connectivity index (χ1) is 12.4. The Morgan fingerprint density at radius 1 is 1.52 bits per heavy atom. The summed E-state index contributed by atoms with van der Waals surface area (Å²) in [5.41, 5.74) is 10.4. The second-order valence-corrected chi connectivity index (χ2v) is 5.01. The van der Waals surface area contributed by atoms with Gasteiger partial charge in [0.1, 0.15) is 19.3 Å². The fraction of sp³-hybridized carbons (Fsp3) is 0.538. The topological polar surface area (TPSA) is 151 Å². The minimum atomic E-state index is -3.13. The van der Waals surface area contributed by atoms with Gasteiger partial charge in [0.25, 0.3) is 5.56 Å². The standard InChI is InChI=1S/C13H20N6O4/c1-7(2)8(14)12(21)23-4-3-22-6-19-5-16-9-10(19)17-13(15)18-11(9)20/h5,7-8H,3-4,6,14H2,1-2H3,(H3,15,17,18,20)/t8-/m0/s1/i3D2,4D2. The van der Waals surface area contributed by atoms with E-state index in [4.69, 9.17) is 21.7 Å². The van der Waals surface area contributed by atoms with Crippen molar-refractivity contribution in [1.82, 2.24) is 19.5 Å². The van der Waals surface area contributed by atoms with E-state index in [-0.39, 0.29) is 23.0 Å². The van der Waals surface area contributed by atoms with Gasteiger partial charge in [0, 0.05) is 0 Å². The predicted molar refractivity (Wildman–Crippen MR) is 82.3 cm³/mol. The van der Waals surface area contributed by atoms with Crippen LogP contribution in [0, 0.1) is 5.92 Å². The Kier molecular flexibility index (Phi) is 3.76. The number of ether oxygens (including phenoxy) is 2. The number of nitrogen functional groups attached to an aromatic ring is 1. The number of nitrogens with two attached hydrogens (primary N) is 2. The molecule has 23 heavy (non-hydrogen) atoms. The van der Waals surface area contributed by atoms with Crippen LogP contribution in [0.15, 0.2) is 11.1 Å². The Hall–Kier alpha value is -2.46. The van der Waals surface area contributed by atoms with Gasteiger partial charge in [0.05, 0.1) is 18.4 Å². The number of imidazole rings is 1. The number of carbonyl (C=O) groups excluding carboxylic acids is 1. The Balaban J connectivity index is 2.16. The molecule has 2 aromatic rings. The molecular formula is C13H20N6O4. The highest BCUT2D eigenvalue weighted by Gasteiger charge is 2.18. The lowest BCUT2D eigenvalue weighted by Crippen LogP contribution is -2.37. The number of anilines is 1. The molecule has 126 valence electrons. The average Bonchev–Trinajstić information content (AvgIpc) is 2.94. The van der Waals surface area contributed by atoms with Gasteiger partial charge < -0.3 is 20.9 Å². The lowest BCUT2D eigenvalue weighted by atomic mass is 10.1. The van der Waals surface area contributed by atoms with E-state index in [1.807, 2.05) is 0 Å². The van der Waals surface area contributed by atoms with Gasteiger partial charge in [-0.3, -0.25) is 19.1 Å². The van der Waals surface area contributed by atoms with E-state index in [0.717, 1.165) is 10.9 Å². The van der Waals surface area contributed by atoms with E-state index in [9.17, 15) is 9.59 Å². The number of esters is 1. The summed E-state index contributed by atoms with van der Waals surface area (Å²) in [6, 6.07) is -1.12. The van der Waals surface area contributed by atoms with E-state index in [0.29, 0.717) is 0 Å². The molecule has 10 heteroatoms. The second kappa shape index (κ2) is 7.20. The van der Waals surface area contributed by atoms with E-state index in [1.54, 1.807) is 13.8 Å². The molecule has 0 aliphatic rings. The third-order valence-corrected chi connectivity index (χ3v) is 2.95. The zero-order valence-corrected chi connectivity index (χ0v) is 12.6. The molecule has 0 aliphatic heterocycles. The van der Waals surface area contributed by atoms with Gasteiger partial charge in [-0.2, -0.15) is 4.98 Å². The van der Waals surface area contributed by atoms with Crippen molar-refractivity contribution in [3.8, 4) is 0 Å². The minimum absolute atomic E-state index is 0.0198. The molecule has 0 aliphatic carbocycles. The van der Waals surface area contributed by atoms with E-state index in [2.05, 4.69) is 19.7 Å². The van der Waals surface area contributed by atoms with Crippen LogP contribution in [0.2, 0.25) is 0 Å². The highest BCUT2D eigenvalue weighted by Crippen LogP contribution is 2.06. The van der Waals surface area contributed by atoms with Crippen molar-refractivity contribution < 1.29 is 19.8 Å². The van der Waals surface area contributed by atoms with Crippen molar-refractivity contribution in [1.29, 1.82) is 0 Å². The second-order valence-electron chi connectivity index (χ2n) is 5.01. The van der Waals surface area contributed by atoms with Crippen LogP contribution in [0.5, 0.6) is 0 Å². The summed E-state index contributed by atoms with van der Waals surface area (Å²) in [5.74, 6) is -1.60. The van der Waals surface area contributed by atoms with Gasteiger partial charge in [-0.25, -0.2) is 4.98 Å². The van der Waals surface area contributed by atoms with Crippen LogP contribution in [0.1, 0.15) is 19.3 Å². The molecule has 2 heterocycles. The molecule has 0 unspecified atom stereocenters. The Morgan fingerprint density at radius 3 is 2.96 bits per heavy atom. The molecule has 0 radical (unpaired) electrons. The maximum absolute atomic E-state index is 11.8. The molecular weight excluding hydrogens is 304 g/mol. The van der Waals surface area contributed by atoms with Gasteiger partial charge in [0.15, 0.2) is 11.2 Å². The largest absolute Gasteiger partial charge is 0.462 e. The average molecular weight is 328 g/mol. The van der Waals surface area contributed by atoms with Gasteiger partial charge in [-0.1, -0.05) is 13.8 Å². The summed E-state index contributed by atoms with van der Waals surface area (Å²) in [7, 11) is 0. The van der Waals surface area contributed by atoms with E-state index >= 15 is 0 Å². The number of fused-ring (bicyclic) bond motifs is 1. The molecule has 5 N–H and O–H groups in total. The predicted octanol–water partition coefficient (Wildman–Crippen LogP) is -0.798. The maximum atomic E-state index is 11.8. The number of hydrogen-bond donors (Lipinski definition) is 3. The molecule has 10 nitrogen and oxygen atoms in total. The van der Waals surface area contributed by atoms with Crippen molar-refractivity contribution in [2.75, 3.05) is 18.9 Å². The van der Waals surface area contributed by atoms with Gasteiger partial charge in [-0.05, 0) is 5.92 Å². The highest BCUT2D eigenvalue weighted by molar-refractivity contribution is 5.75. The lowest BCUT2D eigenvalue weighted by molar-refractivity contribution is -0.148. The summed E-state index contributed by atoms with van der Waals surface area (Å²) < 4.78 is 41.6. The van der Waals surface area contributed by atoms with Crippen LogP contribution in [0.3, 0.4) is 0 Å². The van der Waals surface area contributed by atoms with Crippen LogP contribution < -0.4 is 17.0 Å². The summed E-state index contributed by atoms with van der Waals surface area (Å²) in [6.07, 6.45) is 1.15. The Morgan fingerprint density at radius 2 is 2.26 bits per heavy atom. The molecule has 0 saturated heterocycles. The molecule has 1 atom stereocenters. The number of aromatic nitrogens is 4. The number of hydrogen-bond acceptors (Lipinski definition) is 8. The lowest BCUT2D eigenvalue weighted by Gasteiger charge is -2.14. The van der Waals surface area contributed by atoms with Crippen LogP contribution in [-0.4, -0.2) is 44.6 Å². The molecule has 0 fully saturated rings. The van der Waals surface area contributed by atoms with Gasteiger partial charge in [0.2, 0.25) is 5.95 Å². The van der Waals surface area contributed by atoms with Crippen LogP contribution in [-0.2, 0) is 21.0 Å². The molecule has 0 spiro atoms. The summed E-state index contributed by atoms with van der Waals surface area (Å²) in [4.78, 5) is 33.5. The van der Waals surface area contributed by atoms with Gasteiger partial charge >= 0.3 is 5.97 Å².